The van der Waals surface area contributed by atoms with Gasteiger partial charge in [0, 0.05) is 45.6 Å². The smallest absolute Gasteiger partial charge is 0.223 e. The molecular formula is C23H33N3O3. The summed E-state index contributed by atoms with van der Waals surface area (Å²) >= 11 is 0. The second kappa shape index (κ2) is 8.34. The Morgan fingerprint density at radius 1 is 1.28 bits per heavy atom. The van der Waals surface area contributed by atoms with Gasteiger partial charge in [-0.15, -0.1) is 0 Å². The van der Waals surface area contributed by atoms with E-state index in [4.69, 9.17) is 4.74 Å². The van der Waals surface area contributed by atoms with Gasteiger partial charge >= 0.3 is 0 Å². The van der Waals surface area contributed by atoms with Crippen LogP contribution in [0.3, 0.4) is 0 Å². The van der Waals surface area contributed by atoms with Crippen molar-refractivity contribution < 1.29 is 14.3 Å². The van der Waals surface area contributed by atoms with E-state index in [9.17, 15) is 9.59 Å². The number of hydrogen-bond donors (Lipinski definition) is 1. The Morgan fingerprint density at radius 3 is 2.79 bits per heavy atom. The van der Waals surface area contributed by atoms with E-state index in [2.05, 4.69) is 40.2 Å². The average molecular weight is 400 g/mol. The van der Waals surface area contributed by atoms with Crippen molar-refractivity contribution >= 4 is 11.8 Å². The first kappa shape index (κ1) is 20.2. The molecule has 4 rings (SSSR count). The molecule has 2 bridgehead atoms. The summed E-state index contributed by atoms with van der Waals surface area (Å²) < 4.78 is 5.39. The van der Waals surface area contributed by atoms with Crippen LogP contribution in [0.15, 0.2) is 18.2 Å². The van der Waals surface area contributed by atoms with Gasteiger partial charge < -0.3 is 15.0 Å². The molecule has 4 atom stereocenters. The second-order valence-corrected chi connectivity index (χ2v) is 9.02. The van der Waals surface area contributed by atoms with Gasteiger partial charge in [0.1, 0.15) is 5.75 Å². The lowest BCUT2D eigenvalue weighted by Gasteiger charge is -2.56. The molecule has 0 saturated carbocycles. The predicted molar refractivity (Wildman–Crippen MR) is 112 cm³/mol. The van der Waals surface area contributed by atoms with E-state index in [1.807, 2.05) is 0 Å². The number of aryl methyl sites for hydroxylation is 1. The van der Waals surface area contributed by atoms with Crippen LogP contribution in [0.5, 0.6) is 5.75 Å². The highest BCUT2D eigenvalue weighted by atomic mass is 16.5. The zero-order valence-corrected chi connectivity index (χ0v) is 17.8. The van der Waals surface area contributed by atoms with E-state index < -0.39 is 0 Å². The van der Waals surface area contributed by atoms with E-state index in [1.54, 1.807) is 14.0 Å². The molecule has 3 aliphatic rings. The van der Waals surface area contributed by atoms with Crippen molar-refractivity contribution in [3.8, 4) is 5.75 Å². The van der Waals surface area contributed by atoms with Crippen LogP contribution in [0.4, 0.5) is 0 Å². The maximum atomic E-state index is 12.8. The summed E-state index contributed by atoms with van der Waals surface area (Å²) in [6.45, 7) is 7.16. The minimum Gasteiger partial charge on any atom is -0.496 e. The number of nitrogens with zero attached hydrogens (tertiary/aromatic N) is 2. The molecule has 3 fully saturated rings. The highest BCUT2D eigenvalue weighted by molar-refractivity contribution is 5.78. The van der Waals surface area contributed by atoms with Crippen molar-refractivity contribution in [2.75, 3.05) is 26.7 Å². The van der Waals surface area contributed by atoms with Gasteiger partial charge in [0.2, 0.25) is 11.8 Å². The van der Waals surface area contributed by atoms with Gasteiger partial charge in [-0.1, -0.05) is 12.1 Å². The number of benzene rings is 1. The van der Waals surface area contributed by atoms with Crippen molar-refractivity contribution in [2.24, 2.45) is 11.8 Å². The fourth-order valence-corrected chi connectivity index (χ4v) is 5.81. The molecule has 158 valence electrons. The third kappa shape index (κ3) is 4.13. The summed E-state index contributed by atoms with van der Waals surface area (Å²) in [4.78, 5) is 29.0. The van der Waals surface area contributed by atoms with Crippen LogP contribution < -0.4 is 10.1 Å². The molecule has 1 aromatic carbocycles. The van der Waals surface area contributed by atoms with Gasteiger partial charge in [0.05, 0.1) is 13.2 Å². The zero-order valence-electron chi connectivity index (χ0n) is 17.8. The number of carbonyl (C=O) groups excluding carboxylic acids is 2. The highest BCUT2D eigenvalue weighted by Crippen LogP contribution is 2.41. The first-order valence-electron chi connectivity index (χ1n) is 10.9. The van der Waals surface area contributed by atoms with Crippen LogP contribution in [-0.2, 0) is 16.1 Å². The number of nitrogens with one attached hydrogen (secondary N) is 1. The van der Waals surface area contributed by atoms with Gasteiger partial charge in [-0.05, 0) is 55.2 Å². The van der Waals surface area contributed by atoms with Gasteiger partial charge in [-0.2, -0.15) is 0 Å². The molecule has 1 aromatic rings. The zero-order chi connectivity index (χ0) is 20.5. The van der Waals surface area contributed by atoms with E-state index in [0.29, 0.717) is 30.8 Å². The quantitative estimate of drug-likeness (QED) is 0.826. The Bertz CT molecular complexity index is 781. The molecule has 0 radical (unpaired) electrons. The standard InChI is InChI=1S/C23H33N3O3/c1-15-9-17(7-8-22(15)29-3)12-25-13-18-10-19(14-25)21(11-24-16(2)27)26-20(18)5-4-6-23(26)28/h7-9,18-21H,4-6,10-14H2,1-3H3,(H,24,27)/t18-,19+,20+,21+/m1/s1. The first-order valence-corrected chi connectivity index (χ1v) is 10.9. The number of amides is 2. The summed E-state index contributed by atoms with van der Waals surface area (Å²) in [5.74, 6) is 2.14. The van der Waals surface area contributed by atoms with Crippen LogP contribution in [0.1, 0.15) is 43.7 Å². The first-order chi connectivity index (χ1) is 14.0. The van der Waals surface area contributed by atoms with Crippen LogP contribution >= 0.6 is 0 Å². The fourth-order valence-electron chi connectivity index (χ4n) is 5.81. The monoisotopic (exact) mass is 399 g/mol. The van der Waals surface area contributed by atoms with Gasteiger partial charge in [0.25, 0.3) is 0 Å². The maximum Gasteiger partial charge on any atom is 0.223 e. The fraction of sp³-hybridized carbons (Fsp3) is 0.652. The number of fused-ring (bicyclic) bond motifs is 4. The lowest BCUT2D eigenvalue weighted by molar-refractivity contribution is -0.153. The summed E-state index contributed by atoms with van der Waals surface area (Å²) in [7, 11) is 1.71. The lowest BCUT2D eigenvalue weighted by Crippen LogP contribution is -2.66. The van der Waals surface area contributed by atoms with Gasteiger partial charge in [0.15, 0.2) is 0 Å². The minimum atomic E-state index is -0.0190. The number of methoxy groups -OCH3 is 1. The molecule has 6 nitrogen and oxygen atoms in total. The Balaban J connectivity index is 1.52. The minimum absolute atomic E-state index is 0.0190. The Kier molecular flexibility index (Phi) is 5.81. The predicted octanol–water partition coefficient (Wildman–Crippen LogP) is 2.34. The molecule has 2 amide bonds. The lowest BCUT2D eigenvalue weighted by atomic mass is 9.72. The molecule has 3 heterocycles. The summed E-state index contributed by atoms with van der Waals surface area (Å²) in [5.41, 5.74) is 2.47. The number of piperidine rings is 3. The molecular weight excluding hydrogens is 366 g/mol. The van der Waals surface area contributed by atoms with Crippen LogP contribution in [0.25, 0.3) is 0 Å². The molecule has 3 aliphatic heterocycles. The Hall–Kier alpha value is -2.08. The number of rotatable bonds is 5. The summed E-state index contributed by atoms with van der Waals surface area (Å²) in [6.07, 6.45) is 3.90. The van der Waals surface area contributed by atoms with Crippen LogP contribution in [0.2, 0.25) is 0 Å². The molecule has 0 unspecified atom stereocenters. The van der Waals surface area contributed by atoms with Gasteiger partial charge in [-0.3, -0.25) is 14.5 Å². The molecule has 1 N–H and O–H groups in total. The third-order valence-electron chi connectivity index (χ3n) is 7.00. The number of likely N-dealkylation sites (tertiary alicyclic amines) is 1. The number of carbonyl (C=O) groups is 2. The van der Waals surface area contributed by atoms with E-state index in [0.717, 1.165) is 50.2 Å². The number of ether oxygens (including phenoxy) is 1. The van der Waals surface area contributed by atoms with E-state index in [1.165, 1.54) is 5.56 Å². The van der Waals surface area contributed by atoms with E-state index >= 15 is 0 Å². The third-order valence-corrected chi connectivity index (χ3v) is 7.00. The largest absolute Gasteiger partial charge is 0.496 e. The molecule has 3 saturated heterocycles. The van der Waals surface area contributed by atoms with Crippen molar-refractivity contribution in [3.63, 3.8) is 0 Å². The average Bonchev–Trinajstić information content (AvgIpc) is 2.68. The number of hydrogen-bond acceptors (Lipinski definition) is 4. The topological polar surface area (TPSA) is 61.9 Å². The summed E-state index contributed by atoms with van der Waals surface area (Å²) in [5, 5.41) is 2.99. The van der Waals surface area contributed by atoms with Crippen LogP contribution in [0, 0.1) is 18.8 Å². The van der Waals surface area contributed by atoms with Crippen molar-refractivity contribution in [2.45, 2.75) is 58.2 Å². The molecule has 0 aliphatic carbocycles. The molecule has 0 aromatic heterocycles. The molecule has 29 heavy (non-hydrogen) atoms. The molecule has 6 heteroatoms. The Morgan fingerprint density at radius 2 is 2.07 bits per heavy atom. The van der Waals surface area contributed by atoms with Crippen molar-refractivity contribution in [1.29, 1.82) is 0 Å². The molecule has 0 spiro atoms. The van der Waals surface area contributed by atoms with Crippen molar-refractivity contribution in [1.82, 2.24) is 15.1 Å². The Labute approximate surface area is 173 Å². The van der Waals surface area contributed by atoms with E-state index in [-0.39, 0.29) is 17.9 Å². The summed E-state index contributed by atoms with van der Waals surface area (Å²) in [6, 6.07) is 6.87. The van der Waals surface area contributed by atoms with Crippen molar-refractivity contribution in [3.05, 3.63) is 29.3 Å². The second-order valence-electron chi connectivity index (χ2n) is 9.02. The normalized spacial score (nSPS) is 29.3. The van der Waals surface area contributed by atoms with Gasteiger partial charge in [-0.25, -0.2) is 0 Å². The maximum absolute atomic E-state index is 12.8. The SMILES string of the molecule is COc1ccc(CN2C[C@H]3C[C@@H](C2)[C@H](CNC(C)=O)N2C(=O)CCC[C@@H]32)cc1C. The highest BCUT2D eigenvalue weighted by Gasteiger charge is 2.49. The van der Waals surface area contributed by atoms with Crippen LogP contribution in [-0.4, -0.2) is 60.4 Å².